The molecule has 6 nitrogen and oxygen atoms in total. The number of piperazine rings is 1. The molecule has 1 aromatic heterocycles. The number of likely N-dealkylation sites (N-methyl/N-ethyl adjacent to an activating group) is 1. The molecule has 162 valence electrons. The maximum atomic E-state index is 13.6. The SMILES string of the molecule is CCN1CCN(C(=O)c2cc(-c3cccc(OC)c3)nn2-c2ccc(C)cc2C)CC1. The van der Waals surface area contributed by atoms with Crippen molar-refractivity contribution in [3.05, 3.63) is 65.4 Å². The Bertz CT molecular complexity index is 1080. The van der Waals surface area contributed by atoms with Gasteiger partial charge in [-0.05, 0) is 50.2 Å². The predicted molar refractivity (Wildman–Crippen MR) is 123 cm³/mol. The van der Waals surface area contributed by atoms with E-state index in [0.29, 0.717) is 5.69 Å². The summed E-state index contributed by atoms with van der Waals surface area (Å²) in [5.41, 5.74) is 5.47. The van der Waals surface area contributed by atoms with Gasteiger partial charge in [0, 0.05) is 31.7 Å². The van der Waals surface area contributed by atoms with Crippen molar-refractivity contribution in [3.63, 3.8) is 0 Å². The molecule has 2 aromatic carbocycles. The lowest BCUT2D eigenvalue weighted by molar-refractivity contribution is 0.0634. The largest absolute Gasteiger partial charge is 0.497 e. The minimum absolute atomic E-state index is 0.0253. The second kappa shape index (κ2) is 8.94. The van der Waals surface area contributed by atoms with Crippen molar-refractivity contribution in [1.82, 2.24) is 19.6 Å². The molecule has 3 aromatic rings. The van der Waals surface area contributed by atoms with E-state index >= 15 is 0 Å². The molecule has 1 saturated heterocycles. The summed E-state index contributed by atoms with van der Waals surface area (Å²) >= 11 is 0. The molecule has 2 heterocycles. The van der Waals surface area contributed by atoms with Gasteiger partial charge in [-0.3, -0.25) is 4.79 Å². The van der Waals surface area contributed by atoms with Crippen LogP contribution in [0.4, 0.5) is 0 Å². The van der Waals surface area contributed by atoms with Gasteiger partial charge in [-0.1, -0.05) is 36.8 Å². The number of methoxy groups -OCH3 is 1. The van der Waals surface area contributed by atoms with E-state index < -0.39 is 0 Å². The molecule has 0 atom stereocenters. The van der Waals surface area contributed by atoms with Crippen molar-refractivity contribution in [3.8, 4) is 22.7 Å². The van der Waals surface area contributed by atoms with E-state index in [9.17, 15) is 4.79 Å². The van der Waals surface area contributed by atoms with Gasteiger partial charge >= 0.3 is 0 Å². The van der Waals surface area contributed by atoms with Crippen LogP contribution in [0.1, 0.15) is 28.5 Å². The van der Waals surface area contributed by atoms with Gasteiger partial charge in [0.1, 0.15) is 11.4 Å². The number of amides is 1. The quantitative estimate of drug-likeness (QED) is 0.630. The lowest BCUT2D eigenvalue weighted by Gasteiger charge is -2.34. The summed E-state index contributed by atoms with van der Waals surface area (Å²) in [6.07, 6.45) is 0. The number of nitrogens with zero attached hydrogens (tertiary/aromatic N) is 4. The Balaban J connectivity index is 1.76. The van der Waals surface area contributed by atoms with Crippen molar-refractivity contribution in [2.75, 3.05) is 39.8 Å². The van der Waals surface area contributed by atoms with Gasteiger partial charge in [-0.25, -0.2) is 4.68 Å². The Labute approximate surface area is 184 Å². The van der Waals surface area contributed by atoms with Crippen LogP contribution >= 0.6 is 0 Å². The van der Waals surface area contributed by atoms with Gasteiger partial charge in [-0.2, -0.15) is 5.10 Å². The lowest BCUT2D eigenvalue weighted by Crippen LogP contribution is -2.48. The fourth-order valence-electron chi connectivity index (χ4n) is 4.11. The second-order valence-electron chi connectivity index (χ2n) is 8.07. The summed E-state index contributed by atoms with van der Waals surface area (Å²) in [6.45, 7) is 10.6. The van der Waals surface area contributed by atoms with E-state index in [2.05, 4.69) is 37.8 Å². The van der Waals surface area contributed by atoms with Crippen LogP contribution < -0.4 is 4.74 Å². The molecule has 0 spiro atoms. The molecule has 1 aliphatic heterocycles. The number of carbonyl (C=O) groups is 1. The summed E-state index contributed by atoms with van der Waals surface area (Å²) in [6, 6.07) is 15.9. The topological polar surface area (TPSA) is 50.6 Å². The van der Waals surface area contributed by atoms with Crippen molar-refractivity contribution in [2.45, 2.75) is 20.8 Å². The summed E-state index contributed by atoms with van der Waals surface area (Å²) < 4.78 is 7.18. The minimum atomic E-state index is 0.0253. The standard InChI is InChI=1S/C25H30N4O2/c1-5-27-11-13-28(14-12-27)25(30)24-17-22(20-7-6-8-21(16-20)31-4)26-29(24)23-10-9-18(2)15-19(23)3/h6-10,15-17H,5,11-14H2,1-4H3. The van der Waals surface area contributed by atoms with Crippen LogP contribution in [0.25, 0.3) is 16.9 Å². The molecule has 0 aliphatic carbocycles. The van der Waals surface area contributed by atoms with Gasteiger partial charge < -0.3 is 14.5 Å². The molecule has 1 amide bonds. The Morgan fingerprint density at radius 3 is 2.48 bits per heavy atom. The zero-order valence-corrected chi connectivity index (χ0v) is 18.8. The van der Waals surface area contributed by atoms with Crippen LogP contribution in [0.3, 0.4) is 0 Å². The normalized spacial score (nSPS) is 14.6. The van der Waals surface area contributed by atoms with Crippen LogP contribution in [0.5, 0.6) is 5.75 Å². The maximum absolute atomic E-state index is 13.6. The number of benzene rings is 2. The summed E-state index contributed by atoms with van der Waals surface area (Å²) in [5.74, 6) is 0.791. The smallest absolute Gasteiger partial charge is 0.272 e. The highest BCUT2D eigenvalue weighted by Gasteiger charge is 2.26. The van der Waals surface area contributed by atoms with Gasteiger partial charge in [0.25, 0.3) is 5.91 Å². The molecule has 0 N–H and O–H groups in total. The number of rotatable bonds is 5. The molecule has 4 rings (SSSR count). The van der Waals surface area contributed by atoms with Gasteiger partial charge in [0.15, 0.2) is 0 Å². The van der Waals surface area contributed by atoms with Crippen LogP contribution in [0.15, 0.2) is 48.5 Å². The predicted octanol–water partition coefficient (Wildman–Crippen LogP) is 3.94. The summed E-state index contributed by atoms with van der Waals surface area (Å²) in [5, 5.41) is 4.87. The highest BCUT2D eigenvalue weighted by Crippen LogP contribution is 2.27. The lowest BCUT2D eigenvalue weighted by atomic mass is 10.1. The Morgan fingerprint density at radius 1 is 1.03 bits per heavy atom. The third-order valence-corrected chi connectivity index (χ3v) is 5.98. The molecule has 6 heteroatoms. The van der Waals surface area contributed by atoms with Crippen molar-refractivity contribution >= 4 is 5.91 Å². The number of hydrogen-bond donors (Lipinski definition) is 0. The molecule has 0 saturated carbocycles. The number of aromatic nitrogens is 2. The molecule has 0 radical (unpaired) electrons. The molecular weight excluding hydrogens is 388 g/mol. The van der Waals surface area contributed by atoms with E-state index in [1.165, 1.54) is 5.56 Å². The first-order chi connectivity index (χ1) is 15.0. The first-order valence-corrected chi connectivity index (χ1v) is 10.8. The number of aryl methyl sites for hydroxylation is 2. The first kappa shape index (κ1) is 21.1. The highest BCUT2D eigenvalue weighted by molar-refractivity contribution is 5.94. The summed E-state index contributed by atoms with van der Waals surface area (Å²) in [4.78, 5) is 17.9. The van der Waals surface area contributed by atoms with Crippen molar-refractivity contribution in [2.24, 2.45) is 0 Å². The van der Waals surface area contributed by atoms with E-state index in [-0.39, 0.29) is 5.91 Å². The van der Waals surface area contributed by atoms with E-state index in [1.807, 2.05) is 41.3 Å². The summed E-state index contributed by atoms with van der Waals surface area (Å²) in [7, 11) is 1.65. The molecule has 0 bridgehead atoms. The maximum Gasteiger partial charge on any atom is 0.272 e. The fourth-order valence-corrected chi connectivity index (χ4v) is 4.11. The van der Waals surface area contributed by atoms with Crippen molar-refractivity contribution < 1.29 is 9.53 Å². The molecule has 1 fully saturated rings. The van der Waals surface area contributed by atoms with Gasteiger partial charge in [-0.15, -0.1) is 0 Å². The molecular formula is C25H30N4O2. The molecule has 31 heavy (non-hydrogen) atoms. The average Bonchev–Trinajstić information content (AvgIpc) is 3.24. The van der Waals surface area contributed by atoms with Crippen LogP contribution in [-0.4, -0.2) is 65.3 Å². The third kappa shape index (κ3) is 4.35. The fraction of sp³-hybridized carbons (Fsp3) is 0.360. The molecule has 0 unspecified atom stereocenters. The minimum Gasteiger partial charge on any atom is -0.497 e. The second-order valence-corrected chi connectivity index (χ2v) is 8.07. The zero-order valence-electron chi connectivity index (χ0n) is 18.8. The van der Waals surface area contributed by atoms with Crippen molar-refractivity contribution in [1.29, 1.82) is 0 Å². The number of carbonyl (C=O) groups excluding carboxylic acids is 1. The third-order valence-electron chi connectivity index (χ3n) is 5.98. The first-order valence-electron chi connectivity index (χ1n) is 10.8. The van der Waals surface area contributed by atoms with E-state index in [4.69, 9.17) is 9.84 Å². The molecule has 1 aliphatic rings. The van der Waals surface area contributed by atoms with Crippen LogP contribution in [-0.2, 0) is 0 Å². The number of ether oxygens (including phenoxy) is 1. The van der Waals surface area contributed by atoms with E-state index in [1.54, 1.807) is 11.8 Å². The zero-order chi connectivity index (χ0) is 22.0. The van der Waals surface area contributed by atoms with Gasteiger partial charge in [0.2, 0.25) is 0 Å². The van der Waals surface area contributed by atoms with Gasteiger partial charge in [0.05, 0.1) is 18.5 Å². The highest BCUT2D eigenvalue weighted by atomic mass is 16.5. The number of hydrogen-bond acceptors (Lipinski definition) is 4. The van der Waals surface area contributed by atoms with Crippen LogP contribution in [0.2, 0.25) is 0 Å². The Kier molecular flexibility index (Phi) is 6.09. The Hall–Kier alpha value is -3.12. The van der Waals surface area contributed by atoms with E-state index in [0.717, 1.165) is 61.0 Å². The van der Waals surface area contributed by atoms with Crippen LogP contribution in [0, 0.1) is 13.8 Å². The average molecular weight is 419 g/mol. The monoisotopic (exact) mass is 418 g/mol. The Morgan fingerprint density at radius 2 is 1.81 bits per heavy atom.